The highest BCUT2D eigenvalue weighted by Gasteiger charge is 2.15. The van der Waals surface area contributed by atoms with Gasteiger partial charge >= 0.3 is 0 Å². The fourth-order valence-corrected chi connectivity index (χ4v) is 2.20. The Hall–Kier alpha value is -3.88. The van der Waals surface area contributed by atoms with E-state index in [0.29, 0.717) is 11.5 Å². The third-order valence-electron chi connectivity index (χ3n) is 3.54. The van der Waals surface area contributed by atoms with E-state index < -0.39 is 11.7 Å². The molecule has 4 N–H and O–H groups in total. The van der Waals surface area contributed by atoms with Crippen molar-refractivity contribution in [3.8, 4) is 17.4 Å². The van der Waals surface area contributed by atoms with Gasteiger partial charge < -0.3 is 15.2 Å². The number of anilines is 2. The second kappa shape index (κ2) is 8.00. The molecule has 1 amide bonds. The van der Waals surface area contributed by atoms with Crippen LogP contribution in [0.4, 0.5) is 15.9 Å². The van der Waals surface area contributed by atoms with Gasteiger partial charge in [0.05, 0.1) is 12.7 Å². The van der Waals surface area contributed by atoms with E-state index in [9.17, 15) is 9.18 Å². The number of halogens is 1. The molecule has 138 valence electrons. The Kier molecular flexibility index (Phi) is 5.31. The molecule has 0 radical (unpaired) electrons. The van der Waals surface area contributed by atoms with Crippen molar-refractivity contribution in [2.45, 2.75) is 0 Å². The number of hydrazine groups is 1. The number of nitrogens with two attached hydrogens (primary N) is 1. The molecule has 2 aromatic carbocycles. The van der Waals surface area contributed by atoms with Gasteiger partial charge in [0.2, 0.25) is 5.88 Å². The maximum Gasteiger partial charge on any atom is 0.272 e. The van der Waals surface area contributed by atoms with Crippen molar-refractivity contribution < 1.29 is 18.7 Å². The maximum atomic E-state index is 13.7. The number of carbonyl (C=O) groups is 1. The Morgan fingerprint density at radius 2 is 1.78 bits per heavy atom. The molecule has 0 aliphatic heterocycles. The van der Waals surface area contributed by atoms with Crippen molar-refractivity contribution in [3.63, 3.8) is 0 Å². The number of hydrogen-bond donors (Lipinski definition) is 3. The average molecular weight is 369 g/mol. The van der Waals surface area contributed by atoms with Gasteiger partial charge in [-0.05, 0) is 24.3 Å². The smallest absolute Gasteiger partial charge is 0.272 e. The summed E-state index contributed by atoms with van der Waals surface area (Å²) in [6, 6.07) is 12.6. The zero-order valence-electron chi connectivity index (χ0n) is 14.3. The second-order valence-electron chi connectivity index (χ2n) is 5.25. The van der Waals surface area contributed by atoms with Crippen molar-refractivity contribution in [1.82, 2.24) is 15.4 Å². The lowest BCUT2D eigenvalue weighted by Crippen LogP contribution is -2.31. The molecule has 0 saturated heterocycles. The van der Waals surface area contributed by atoms with Crippen molar-refractivity contribution in [3.05, 3.63) is 66.2 Å². The number of aromatic nitrogens is 2. The Morgan fingerprint density at radius 1 is 1.07 bits per heavy atom. The van der Waals surface area contributed by atoms with Crippen LogP contribution in [0.1, 0.15) is 10.4 Å². The minimum absolute atomic E-state index is 0.0530. The second-order valence-corrected chi connectivity index (χ2v) is 5.25. The molecule has 0 fully saturated rings. The van der Waals surface area contributed by atoms with Gasteiger partial charge in [-0.15, -0.1) is 0 Å². The molecular weight excluding hydrogens is 353 g/mol. The summed E-state index contributed by atoms with van der Waals surface area (Å²) in [6.45, 7) is 0. The normalized spacial score (nSPS) is 10.1. The molecule has 0 atom stereocenters. The third kappa shape index (κ3) is 4.03. The summed E-state index contributed by atoms with van der Waals surface area (Å²) < 4.78 is 24.5. The number of ether oxygens (including phenoxy) is 2. The number of hydrogen-bond acceptors (Lipinski definition) is 7. The maximum absolute atomic E-state index is 13.7. The summed E-state index contributed by atoms with van der Waals surface area (Å²) >= 11 is 0. The van der Waals surface area contributed by atoms with Crippen LogP contribution in [-0.4, -0.2) is 23.0 Å². The number of rotatable bonds is 6. The molecular formula is C18H16FN5O3. The number of nitrogen functional groups attached to an aromatic ring is 1. The Bertz CT molecular complexity index is 967. The van der Waals surface area contributed by atoms with Crippen LogP contribution < -0.4 is 26.1 Å². The molecule has 0 saturated carbocycles. The largest absolute Gasteiger partial charge is 0.493 e. The quantitative estimate of drug-likeness (QED) is 0.573. The molecule has 27 heavy (non-hydrogen) atoms. The number of benzene rings is 2. The van der Waals surface area contributed by atoms with Crippen LogP contribution in [0.2, 0.25) is 0 Å². The lowest BCUT2D eigenvalue weighted by atomic mass is 10.2. The Labute approximate surface area is 154 Å². The fourth-order valence-electron chi connectivity index (χ4n) is 2.20. The molecule has 3 rings (SSSR count). The molecule has 9 heteroatoms. The van der Waals surface area contributed by atoms with Crippen LogP contribution in [0.5, 0.6) is 17.4 Å². The minimum Gasteiger partial charge on any atom is -0.493 e. The predicted octanol–water partition coefficient (Wildman–Crippen LogP) is 2.76. The van der Waals surface area contributed by atoms with Gasteiger partial charge in [-0.1, -0.05) is 24.3 Å². The van der Waals surface area contributed by atoms with Crippen LogP contribution in [0, 0.1) is 5.82 Å². The summed E-state index contributed by atoms with van der Waals surface area (Å²) in [5, 5.41) is 0. The molecule has 0 aliphatic rings. The first-order valence-corrected chi connectivity index (χ1v) is 7.82. The molecule has 0 bridgehead atoms. The molecule has 0 aliphatic carbocycles. The summed E-state index contributed by atoms with van der Waals surface area (Å²) in [5.74, 6) is -0.257. The fraction of sp³-hybridized carbons (Fsp3) is 0.0556. The van der Waals surface area contributed by atoms with Crippen LogP contribution in [0.15, 0.2) is 54.9 Å². The van der Waals surface area contributed by atoms with Gasteiger partial charge in [0.25, 0.3) is 5.91 Å². The van der Waals surface area contributed by atoms with Crippen LogP contribution in [0.3, 0.4) is 0 Å². The van der Waals surface area contributed by atoms with E-state index in [1.54, 1.807) is 30.3 Å². The van der Waals surface area contributed by atoms with Crippen LogP contribution in [0.25, 0.3) is 0 Å². The first kappa shape index (κ1) is 17.9. The average Bonchev–Trinajstić information content (AvgIpc) is 2.69. The van der Waals surface area contributed by atoms with Gasteiger partial charge in [-0.3, -0.25) is 15.6 Å². The number of amides is 1. The highest BCUT2D eigenvalue weighted by molar-refractivity contribution is 5.95. The monoisotopic (exact) mass is 369 g/mol. The number of methoxy groups -OCH3 is 1. The Morgan fingerprint density at radius 3 is 2.52 bits per heavy atom. The standard InChI is InChI=1S/C18H16FN5O3/c1-26-13-8-4-5-9-14(13)27-18-15(20)16(21-10-22-18)23-24-17(25)11-6-2-3-7-12(11)19/h2-10H,20H2,1H3,(H,24,25)(H,21,22,23). The minimum atomic E-state index is -0.682. The van der Waals surface area contributed by atoms with Gasteiger partial charge in [0.15, 0.2) is 17.3 Å². The predicted molar refractivity (Wildman–Crippen MR) is 97.0 cm³/mol. The summed E-state index contributed by atoms with van der Waals surface area (Å²) in [6.07, 6.45) is 1.21. The SMILES string of the molecule is COc1ccccc1Oc1ncnc(NNC(=O)c2ccccc2F)c1N. The summed E-state index contributed by atoms with van der Waals surface area (Å²) in [4.78, 5) is 20.0. The zero-order chi connectivity index (χ0) is 19.2. The van der Waals surface area contributed by atoms with E-state index in [2.05, 4.69) is 20.8 Å². The summed E-state index contributed by atoms with van der Waals surface area (Å²) in [5.41, 5.74) is 10.8. The number of carbonyl (C=O) groups excluding carboxylic acids is 1. The molecule has 0 spiro atoms. The van der Waals surface area contributed by atoms with E-state index in [1.807, 2.05) is 0 Å². The van der Waals surface area contributed by atoms with Gasteiger partial charge in [0, 0.05) is 0 Å². The van der Waals surface area contributed by atoms with Gasteiger partial charge in [-0.25, -0.2) is 9.37 Å². The lowest BCUT2D eigenvalue weighted by molar-refractivity contribution is 0.0958. The van der Waals surface area contributed by atoms with Crippen LogP contribution >= 0.6 is 0 Å². The van der Waals surface area contributed by atoms with E-state index in [4.69, 9.17) is 15.2 Å². The highest BCUT2D eigenvalue weighted by Crippen LogP contribution is 2.34. The number of nitrogens with one attached hydrogen (secondary N) is 2. The van der Waals surface area contributed by atoms with E-state index in [-0.39, 0.29) is 22.9 Å². The van der Waals surface area contributed by atoms with Gasteiger partial charge in [-0.2, -0.15) is 4.98 Å². The van der Waals surface area contributed by atoms with Gasteiger partial charge in [0.1, 0.15) is 17.8 Å². The first-order chi connectivity index (χ1) is 13.1. The topological polar surface area (TPSA) is 111 Å². The van der Waals surface area contributed by atoms with Crippen molar-refractivity contribution in [2.75, 3.05) is 18.3 Å². The van der Waals surface area contributed by atoms with Crippen LogP contribution in [-0.2, 0) is 0 Å². The molecule has 1 aromatic heterocycles. The van der Waals surface area contributed by atoms with E-state index in [1.165, 1.54) is 31.6 Å². The molecule has 0 unspecified atom stereocenters. The Balaban J connectivity index is 1.75. The van der Waals surface area contributed by atoms with Crippen molar-refractivity contribution >= 4 is 17.4 Å². The highest BCUT2D eigenvalue weighted by atomic mass is 19.1. The molecule has 8 nitrogen and oxygen atoms in total. The third-order valence-corrected chi connectivity index (χ3v) is 3.54. The zero-order valence-corrected chi connectivity index (χ0v) is 14.3. The molecule has 3 aromatic rings. The number of para-hydroxylation sites is 2. The first-order valence-electron chi connectivity index (χ1n) is 7.82. The van der Waals surface area contributed by atoms with E-state index in [0.717, 1.165) is 0 Å². The lowest BCUT2D eigenvalue weighted by Gasteiger charge is -2.13. The number of nitrogens with zero attached hydrogens (tertiary/aromatic N) is 2. The van der Waals surface area contributed by atoms with Crippen molar-refractivity contribution in [1.29, 1.82) is 0 Å². The van der Waals surface area contributed by atoms with E-state index >= 15 is 0 Å². The molecule has 1 heterocycles. The van der Waals surface area contributed by atoms with Crippen molar-refractivity contribution in [2.24, 2.45) is 0 Å². The summed E-state index contributed by atoms with van der Waals surface area (Å²) in [7, 11) is 1.51.